The minimum Gasteiger partial charge on any atom is -0.343 e. The number of hydrogen-bond acceptors (Lipinski definition) is 3. The first-order chi connectivity index (χ1) is 5.11. The Balaban J connectivity index is 2.71. The Bertz CT molecular complexity index is 230. The molecule has 0 aromatic carbocycles. The molecule has 11 heavy (non-hydrogen) atoms. The summed E-state index contributed by atoms with van der Waals surface area (Å²) in [7, 11) is 3.39. The number of hydrogen-bond donors (Lipinski definition) is 0. The van der Waals surface area contributed by atoms with Crippen molar-refractivity contribution in [3.8, 4) is 0 Å². The molecule has 0 spiro atoms. The maximum atomic E-state index is 11.2. The molecule has 0 aromatic rings. The van der Waals surface area contributed by atoms with Crippen molar-refractivity contribution in [2.75, 3.05) is 14.1 Å². The first kappa shape index (κ1) is 7.91. The second-order valence-electron chi connectivity index (χ2n) is 2.71. The molecule has 0 radical (unpaired) electrons. The molecule has 1 amide bonds. The van der Waals surface area contributed by atoms with Gasteiger partial charge < -0.3 is 4.90 Å². The average molecular weight is 153 g/mol. The Morgan fingerprint density at radius 2 is 2.27 bits per heavy atom. The third-order valence-electron chi connectivity index (χ3n) is 1.37. The van der Waals surface area contributed by atoms with Crippen LogP contribution in [0.25, 0.3) is 0 Å². The van der Waals surface area contributed by atoms with E-state index in [-0.39, 0.29) is 11.9 Å². The summed E-state index contributed by atoms with van der Waals surface area (Å²) in [5.41, 5.74) is 0.447. The molecule has 4 heteroatoms. The molecular formula is C7H11N3O. The molecule has 1 rings (SSSR count). The van der Waals surface area contributed by atoms with Gasteiger partial charge in [0.05, 0.1) is 6.04 Å². The second-order valence-corrected chi connectivity index (χ2v) is 2.71. The summed E-state index contributed by atoms with van der Waals surface area (Å²) in [6, 6.07) is 0.0499. The van der Waals surface area contributed by atoms with Crippen LogP contribution in [0.3, 0.4) is 0 Å². The van der Waals surface area contributed by atoms with Gasteiger partial charge in [-0.15, -0.1) is 5.11 Å². The zero-order valence-corrected chi connectivity index (χ0v) is 6.90. The van der Waals surface area contributed by atoms with Gasteiger partial charge in [-0.3, -0.25) is 4.79 Å². The van der Waals surface area contributed by atoms with E-state index in [0.29, 0.717) is 5.70 Å². The van der Waals surface area contributed by atoms with E-state index in [9.17, 15) is 4.79 Å². The first-order valence-corrected chi connectivity index (χ1v) is 3.45. The highest BCUT2D eigenvalue weighted by Gasteiger charge is 2.16. The molecule has 0 aliphatic carbocycles. The highest BCUT2D eigenvalue weighted by Crippen LogP contribution is 2.13. The van der Waals surface area contributed by atoms with E-state index in [0.717, 1.165) is 0 Å². The summed E-state index contributed by atoms with van der Waals surface area (Å²) in [5, 5.41) is 7.54. The van der Waals surface area contributed by atoms with E-state index in [1.807, 2.05) is 6.92 Å². The lowest BCUT2D eigenvalue weighted by atomic mass is 10.3. The zero-order chi connectivity index (χ0) is 8.43. The number of carbonyl (C=O) groups is 1. The van der Waals surface area contributed by atoms with Crippen molar-refractivity contribution in [2.45, 2.75) is 13.0 Å². The fraction of sp³-hybridized carbons (Fsp3) is 0.571. The normalized spacial score (nSPS) is 21.7. The second kappa shape index (κ2) is 2.82. The van der Waals surface area contributed by atoms with Crippen molar-refractivity contribution in [1.82, 2.24) is 4.90 Å². The molecule has 0 N–H and O–H groups in total. The topological polar surface area (TPSA) is 45.0 Å². The average Bonchev–Trinajstić information content (AvgIpc) is 2.34. The molecule has 0 aromatic heterocycles. The largest absolute Gasteiger partial charge is 0.343 e. The smallest absolute Gasteiger partial charge is 0.273 e. The van der Waals surface area contributed by atoms with E-state index in [1.54, 1.807) is 20.2 Å². The predicted octanol–water partition coefficient (Wildman–Crippen LogP) is 0.813. The van der Waals surface area contributed by atoms with Crippen LogP contribution < -0.4 is 0 Å². The Labute approximate surface area is 65.6 Å². The molecule has 0 fully saturated rings. The van der Waals surface area contributed by atoms with Crippen LogP contribution >= 0.6 is 0 Å². The molecule has 0 saturated carbocycles. The van der Waals surface area contributed by atoms with Crippen molar-refractivity contribution in [1.29, 1.82) is 0 Å². The summed E-state index contributed by atoms with van der Waals surface area (Å²) < 4.78 is 0. The van der Waals surface area contributed by atoms with Gasteiger partial charge in [-0.25, -0.2) is 0 Å². The molecule has 0 saturated heterocycles. The molecular weight excluding hydrogens is 142 g/mol. The molecule has 1 aliphatic heterocycles. The zero-order valence-electron chi connectivity index (χ0n) is 6.90. The molecule has 4 nitrogen and oxygen atoms in total. The lowest BCUT2D eigenvalue weighted by Gasteiger charge is -2.07. The van der Waals surface area contributed by atoms with Crippen LogP contribution in [-0.4, -0.2) is 30.9 Å². The van der Waals surface area contributed by atoms with Crippen LogP contribution in [0.2, 0.25) is 0 Å². The standard InChI is InChI=1S/C7H11N3O/c1-5-4-6(9-8-5)7(11)10(2)3/h4-5H,1-3H3. The van der Waals surface area contributed by atoms with E-state index < -0.39 is 0 Å². The number of rotatable bonds is 1. The number of likely N-dealkylation sites (N-methyl/N-ethyl adjacent to an activating group) is 1. The van der Waals surface area contributed by atoms with Crippen molar-refractivity contribution in [2.24, 2.45) is 10.2 Å². The van der Waals surface area contributed by atoms with Crippen LogP contribution in [0.4, 0.5) is 0 Å². The van der Waals surface area contributed by atoms with Gasteiger partial charge in [-0.2, -0.15) is 5.11 Å². The Morgan fingerprint density at radius 1 is 1.64 bits per heavy atom. The third-order valence-corrected chi connectivity index (χ3v) is 1.37. The SMILES string of the molecule is CC1C=C(C(=O)N(C)C)N=N1. The van der Waals surface area contributed by atoms with Gasteiger partial charge >= 0.3 is 0 Å². The first-order valence-electron chi connectivity index (χ1n) is 3.45. The van der Waals surface area contributed by atoms with Gasteiger partial charge in [0.1, 0.15) is 5.70 Å². The van der Waals surface area contributed by atoms with Crippen molar-refractivity contribution in [3.63, 3.8) is 0 Å². The predicted molar refractivity (Wildman–Crippen MR) is 41.1 cm³/mol. The Kier molecular flexibility index (Phi) is 2.03. The maximum Gasteiger partial charge on any atom is 0.273 e. The van der Waals surface area contributed by atoms with Crippen LogP contribution in [-0.2, 0) is 4.79 Å². The summed E-state index contributed by atoms with van der Waals surface area (Å²) in [4.78, 5) is 12.7. The van der Waals surface area contributed by atoms with Crippen molar-refractivity contribution >= 4 is 5.91 Å². The Hall–Kier alpha value is -1.19. The number of nitrogens with zero attached hydrogens (tertiary/aromatic N) is 3. The quantitative estimate of drug-likeness (QED) is 0.549. The van der Waals surface area contributed by atoms with Gasteiger partial charge in [0, 0.05) is 14.1 Å². The van der Waals surface area contributed by atoms with Gasteiger partial charge in [-0.1, -0.05) is 0 Å². The van der Waals surface area contributed by atoms with Gasteiger partial charge in [0.25, 0.3) is 5.91 Å². The lowest BCUT2D eigenvalue weighted by molar-refractivity contribution is -0.124. The van der Waals surface area contributed by atoms with Crippen LogP contribution in [0.1, 0.15) is 6.92 Å². The summed E-state index contributed by atoms with van der Waals surface area (Å²) in [6.07, 6.45) is 1.75. The fourth-order valence-corrected chi connectivity index (χ4v) is 0.792. The molecule has 1 heterocycles. The van der Waals surface area contributed by atoms with Gasteiger partial charge in [0.2, 0.25) is 0 Å². The van der Waals surface area contributed by atoms with Gasteiger partial charge in [0.15, 0.2) is 0 Å². The summed E-state index contributed by atoms with van der Waals surface area (Å²) in [6.45, 7) is 1.89. The van der Waals surface area contributed by atoms with Crippen LogP contribution in [0.15, 0.2) is 22.0 Å². The number of azo groups is 1. The lowest BCUT2D eigenvalue weighted by Crippen LogP contribution is -2.22. The van der Waals surface area contributed by atoms with E-state index in [4.69, 9.17) is 0 Å². The number of carbonyl (C=O) groups excluding carboxylic acids is 1. The minimum absolute atomic E-state index is 0.0499. The van der Waals surface area contributed by atoms with Crippen LogP contribution in [0.5, 0.6) is 0 Å². The third kappa shape index (κ3) is 1.63. The highest BCUT2D eigenvalue weighted by molar-refractivity contribution is 5.92. The molecule has 1 unspecified atom stereocenters. The highest BCUT2D eigenvalue weighted by atomic mass is 16.2. The van der Waals surface area contributed by atoms with E-state index >= 15 is 0 Å². The Morgan fingerprint density at radius 3 is 2.64 bits per heavy atom. The van der Waals surface area contributed by atoms with Crippen molar-refractivity contribution < 1.29 is 4.79 Å². The summed E-state index contributed by atoms with van der Waals surface area (Å²) in [5.74, 6) is -0.0851. The van der Waals surface area contributed by atoms with Crippen LogP contribution in [0, 0.1) is 0 Å². The van der Waals surface area contributed by atoms with Gasteiger partial charge in [-0.05, 0) is 13.0 Å². The molecule has 1 aliphatic rings. The summed E-state index contributed by atoms with van der Waals surface area (Å²) >= 11 is 0. The molecule has 1 atom stereocenters. The number of amides is 1. The fourth-order valence-electron chi connectivity index (χ4n) is 0.792. The van der Waals surface area contributed by atoms with E-state index in [1.165, 1.54) is 4.90 Å². The molecule has 60 valence electrons. The molecule has 0 bridgehead atoms. The minimum atomic E-state index is -0.0851. The van der Waals surface area contributed by atoms with E-state index in [2.05, 4.69) is 10.2 Å². The van der Waals surface area contributed by atoms with Crippen molar-refractivity contribution in [3.05, 3.63) is 11.8 Å². The monoisotopic (exact) mass is 153 g/mol. The maximum absolute atomic E-state index is 11.2.